The number of methoxy groups -OCH3 is 1. The van der Waals surface area contributed by atoms with E-state index in [1.807, 2.05) is 24.4 Å². The maximum Gasteiger partial charge on any atom is 0.303 e. The lowest BCUT2D eigenvalue weighted by Gasteiger charge is -2.38. The fraction of sp³-hybridized carbons (Fsp3) is 0.400. The predicted octanol–water partition coefficient (Wildman–Crippen LogP) is 6.73. The minimum atomic E-state index is -0.729. The number of rotatable bonds is 9. The van der Waals surface area contributed by atoms with Crippen LogP contribution in [0, 0.1) is 23.7 Å². The zero-order chi connectivity index (χ0) is 26.2. The van der Waals surface area contributed by atoms with Gasteiger partial charge in [-0.1, -0.05) is 35.0 Å². The second-order valence-corrected chi connectivity index (χ2v) is 10.5. The van der Waals surface area contributed by atoms with Crippen molar-refractivity contribution in [3.63, 3.8) is 0 Å². The number of carboxylic acid groups (broad SMARTS) is 1. The molecule has 2 heterocycles. The summed E-state index contributed by atoms with van der Waals surface area (Å²) in [4.78, 5) is 18.1. The number of benzene rings is 2. The molecule has 2 aromatic carbocycles. The summed E-state index contributed by atoms with van der Waals surface area (Å²) in [6, 6.07) is 13.5. The van der Waals surface area contributed by atoms with Crippen LogP contribution in [0.1, 0.15) is 43.2 Å². The quantitative estimate of drug-likeness (QED) is 0.306. The van der Waals surface area contributed by atoms with E-state index in [9.17, 15) is 9.90 Å². The molecule has 5 nitrogen and oxygen atoms in total. The van der Waals surface area contributed by atoms with Crippen LogP contribution in [-0.2, 0) is 11.2 Å². The largest absolute Gasteiger partial charge is 0.497 e. The Kier molecular flexibility index (Phi) is 9.68. The van der Waals surface area contributed by atoms with Crippen LogP contribution in [-0.4, -0.2) is 47.7 Å². The van der Waals surface area contributed by atoms with Crippen LogP contribution < -0.4 is 4.74 Å². The summed E-state index contributed by atoms with van der Waals surface area (Å²) in [6.45, 7) is 2.50. The van der Waals surface area contributed by atoms with E-state index in [2.05, 4.69) is 33.9 Å². The topological polar surface area (TPSA) is 62.7 Å². The molecular formula is C30H32Cl2N2O3. The number of carboxylic acids is 1. The Morgan fingerprint density at radius 2 is 2.00 bits per heavy atom. The van der Waals surface area contributed by atoms with Gasteiger partial charge in [-0.15, -0.1) is 0 Å². The third kappa shape index (κ3) is 7.61. The summed E-state index contributed by atoms with van der Waals surface area (Å²) in [6.07, 6.45) is 6.95. The Bertz CT molecular complexity index is 1300. The number of aromatic nitrogens is 1. The summed E-state index contributed by atoms with van der Waals surface area (Å²) in [5, 5.41) is 11.5. The first kappa shape index (κ1) is 27.3. The molecule has 1 N–H and O–H groups in total. The lowest BCUT2D eigenvalue weighted by atomic mass is 9.79. The Hall–Kier alpha value is -2.78. The van der Waals surface area contributed by atoms with Crippen molar-refractivity contribution in [2.45, 2.75) is 38.5 Å². The van der Waals surface area contributed by atoms with E-state index in [0.717, 1.165) is 61.0 Å². The van der Waals surface area contributed by atoms with Crippen molar-refractivity contribution in [1.82, 2.24) is 9.88 Å². The molecule has 0 saturated carbocycles. The maximum atomic E-state index is 11.3. The highest BCUT2D eigenvalue weighted by Gasteiger charge is 2.29. The van der Waals surface area contributed by atoms with Crippen LogP contribution in [0.25, 0.3) is 10.9 Å². The van der Waals surface area contributed by atoms with E-state index >= 15 is 0 Å². The van der Waals surface area contributed by atoms with Gasteiger partial charge >= 0.3 is 5.97 Å². The molecule has 0 radical (unpaired) electrons. The first-order chi connectivity index (χ1) is 17.9. The van der Waals surface area contributed by atoms with E-state index in [1.165, 1.54) is 5.56 Å². The molecule has 0 spiro atoms. The number of piperidine rings is 1. The number of ether oxygens (including phenoxy) is 1. The number of nitrogens with zero attached hydrogens (tertiary/aromatic N) is 2. The molecule has 1 aliphatic rings. The minimum absolute atomic E-state index is 0.207. The molecule has 7 heteroatoms. The molecule has 37 heavy (non-hydrogen) atoms. The zero-order valence-corrected chi connectivity index (χ0v) is 22.6. The fourth-order valence-electron chi connectivity index (χ4n) is 5.22. The lowest BCUT2D eigenvalue weighted by Crippen LogP contribution is -2.41. The van der Waals surface area contributed by atoms with Gasteiger partial charge < -0.3 is 9.84 Å². The Labute approximate surface area is 228 Å². The summed E-state index contributed by atoms with van der Waals surface area (Å²) >= 11 is 12.1. The normalized spacial score (nSPS) is 17.8. The first-order valence-electron chi connectivity index (χ1n) is 12.7. The molecule has 194 valence electrons. The first-order valence-corrected chi connectivity index (χ1v) is 13.5. The summed E-state index contributed by atoms with van der Waals surface area (Å²) < 4.78 is 5.41. The van der Waals surface area contributed by atoms with E-state index in [0.29, 0.717) is 34.8 Å². The summed E-state index contributed by atoms with van der Waals surface area (Å²) in [7, 11) is 1.68. The minimum Gasteiger partial charge on any atom is -0.497 e. The number of halogens is 2. The van der Waals surface area contributed by atoms with Crippen LogP contribution in [0.5, 0.6) is 5.75 Å². The molecule has 1 saturated heterocycles. The molecule has 2 unspecified atom stereocenters. The van der Waals surface area contributed by atoms with Crippen LogP contribution in [0.4, 0.5) is 0 Å². The number of hydrogen-bond donors (Lipinski definition) is 1. The van der Waals surface area contributed by atoms with Crippen molar-refractivity contribution in [3.8, 4) is 17.6 Å². The third-order valence-electron chi connectivity index (χ3n) is 7.22. The number of fused-ring (bicyclic) bond motifs is 1. The Morgan fingerprint density at radius 1 is 1.14 bits per heavy atom. The van der Waals surface area contributed by atoms with Crippen molar-refractivity contribution in [3.05, 3.63) is 69.8 Å². The van der Waals surface area contributed by atoms with Gasteiger partial charge in [0, 0.05) is 30.1 Å². The summed E-state index contributed by atoms with van der Waals surface area (Å²) in [5.74, 6) is 7.40. The molecule has 0 amide bonds. The van der Waals surface area contributed by atoms with Crippen molar-refractivity contribution in [2.24, 2.45) is 11.8 Å². The SMILES string of the molecule is COc1ccc2nccc(CCCC3CCN(CC#Cc4ccc(Cl)c(Cl)c4)CC3CCC(=O)O)c2c1. The number of pyridine rings is 1. The van der Waals surface area contributed by atoms with E-state index in [1.54, 1.807) is 19.2 Å². The molecule has 2 atom stereocenters. The monoisotopic (exact) mass is 538 g/mol. The molecular weight excluding hydrogens is 507 g/mol. The highest BCUT2D eigenvalue weighted by atomic mass is 35.5. The highest BCUT2D eigenvalue weighted by Crippen LogP contribution is 2.32. The fourth-order valence-corrected chi connectivity index (χ4v) is 5.52. The van der Waals surface area contributed by atoms with Crippen molar-refractivity contribution >= 4 is 40.1 Å². The molecule has 1 aliphatic heterocycles. The van der Waals surface area contributed by atoms with Crippen LogP contribution in [0.15, 0.2) is 48.7 Å². The highest BCUT2D eigenvalue weighted by molar-refractivity contribution is 6.42. The van der Waals surface area contributed by atoms with Gasteiger partial charge in [0.05, 0.1) is 29.2 Å². The van der Waals surface area contributed by atoms with Gasteiger partial charge in [0.25, 0.3) is 0 Å². The van der Waals surface area contributed by atoms with E-state index < -0.39 is 5.97 Å². The molecule has 0 bridgehead atoms. The van der Waals surface area contributed by atoms with Gasteiger partial charge in [-0.3, -0.25) is 14.7 Å². The van der Waals surface area contributed by atoms with Gasteiger partial charge in [0.2, 0.25) is 0 Å². The molecule has 3 aromatic rings. The smallest absolute Gasteiger partial charge is 0.303 e. The summed E-state index contributed by atoms with van der Waals surface area (Å²) in [5.41, 5.74) is 3.10. The van der Waals surface area contributed by atoms with E-state index in [-0.39, 0.29) is 6.42 Å². The van der Waals surface area contributed by atoms with Crippen molar-refractivity contribution in [1.29, 1.82) is 0 Å². The average Bonchev–Trinajstić information content (AvgIpc) is 2.90. The average molecular weight is 540 g/mol. The molecule has 0 aliphatic carbocycles. The Morgan fingerprint density at radius 3 is 2.78 bits per heavy atom. The number of aliphatic carboxylic acids is 1. The van der Waals surface area contributed by atoms with Gasteiger partial charge in [0.1, 0.15) is 5.75 Å². The van der Waals surface area contributed by atoms with Crippen molar-refractivity contribution in [2.75, 3.05) is 26.7 Å². The maximum absolute atomic E-state index is 11.3. The second-order valence-electron chi connectivity index (χ2n) is 9.65. The number of hydrogen-bond acceptors (Lipinski definition) is 4. The lowest BCUT2D eigenvalue weighted by molar-refractivity contribution is -0.137. The second kappa shape index (κ2) is 13.1. The van der Waals surface area contributed by atoms with Gasteiger partial charge in [0.15, 0.2) is 0 Å². The van der Waals surface area contributed by atoms with Gasteiger partial charge in [-0.05, 0) is 98.5 Å². The number of aryl methyl sites for hydroxylation is 1. The Balaban J connectivity index is 1.36. The number of carbonyl (C=O) groups is 1. The van der Waals surface area contributed by atoms with Gasteiger partial charge in [-0.25, -0.2) is 0 Å². The van der Waals surface area contributed by atoms with E-state index in [4.69, 9.17) is 27.9 Å². The van der Waals surface area contributed by atoms with Crippen molar-refractivity contribution < 1.29 is 14.6 Å². The zero-order valence-electron chi connectivity index (χ0n) is 21.1. The van der Waals surface area contributed by atoms with Crippen LogP contribution in [0.3, 0.4) is 0 Å². The molecule has 4 rings (SSSR count). The standard InChI is InChI=1S/C30H32Cl2N2O3/c1-37-25-9-11-29-26(19-25)23(13-15-33-29)6-2-5-22-14-17-34(20-24(22)8-12-30(35)36)16-3-4-21-7-10-27(31)28(32)18-21/h7,9-11,13,15,18-19,22,24H,2,5-6,8,12,14,16-17,20H2,1H3,(H,35,36). The predicted molar refractivity (Wildman–Crippen MR) is 149 cm³/mol. The number of likely N-dealkylation sites (tertiary alicyclic amines) is 1. The van der Waals surface area contributed by atoms with Crippen LogP contribution in [0.2, 0.25) is 10.0 Å². The third-order valence-corrected chi connectivity index (χ3v) is 7.96. The molecule has 1 aromatic heterocycles. The van der Waals surface area contributed by atoms with Gasteiger partial charge in [-0.2, -0.15) is 0 Å². The van der Waals surface area contributed by atoms with Crippen LogP contribution >= 0.6 is 23.2 Å². The molecule has 1 fully saturated rings.